The first-order valence-electron chi connectivity index (χ1n) is 6.86. The molecular weight excluding hydrogens is 248 g/mol. The lowest BCUT2D eigenvalue weighted by atomic mass is 9.93. The fraction of sp³-hybridized carbons (Fsp3) is 0.333. The molecule has 0 unspecified atom stereocenters. The highest BCUT2D eigenvalue weighted by atomic mass is 16.5. The minimum Gasteiger partial charge on any atom is -0.507 e. The van der Waals surface area contributed by atoms with Crippen LogP contribution in [-0.4, -0.2) is 12.2 Å². The molecule has 0 atom stereocenters. The number of aryl methyl sites for hydroxylation is 3. The highest BCUT2D eigenvalue weighted by molar-refractivity contribution is 5.54. The van der Waals surface area contributed by atoms with Crippen molar-refractivity contribution in [3.63, 3.8) is 0 Å². The Bertz CT molecular complexity index is 642. The fourth-order valence-corrected chi connectivity index (χ4v) is 2.60. The number of rotatable bonds is 3. The molecule has 0 aromatic heterocycles. The van der Waals surface area contributed by atoms with E-state index >= 15 is 0 Å². The van der Waals surface area contributed by atoms with E-state index in [9.17, 15) is 5.11 Å². The number of hydrogen-bond donors (Lipinski definition) is 1. The van der Waals surface area contributed by atoms with Gasteiger partial charge in [0.05, 0.1) is 7.11 Å². The molecule has 0 saturated carbocycles. The van der Waals surface area contributed by atoms with Crippen molar-refractivity contribution >= 4 is 0 Å². The topological polar surface area (TPSA) is 29.5 Å². The van der Waals surface area contributed by atoms with Crippen molar-refractivity contribution in [2.45, 2.75) is 34.1 Å². The Hall–Kier alpha value is -1.96. The number of aromatic hydroxyl groups is 1. The molecule has 2 aromatic carbocycles. The number of phenolic OH excluding ortho intramolecular Hbond substituents is 1. The summed E-state index contributed by atoms with van der Waals surface area (Å²) in [4.78, 5) is 0. The molecule has 2 nitrogen and oxygen atoms in total. The number of phenols is 1. The van der Waals surface area contributed by atoms with Crippen LogP contribution in [-0.2, 0) is 6.42 Å². The quantitative estimate of drug-likeness (QED) is 0.904. The molecule has 0 saturated heterocycles. The summed E-state index contributed by atoms with van der Waals surface area (Å²) in [5, 5.41) is 10.3. The lowest BCUT2D eigenvalue weighted by Crippen LogP contribution is -1.99. The van der Waals surface area contributed by atoms with E-state index < -0.39 is 0 Å². The van der Waals surface area contributed by atoms with Crippen LogP contribution >= 0.6 is 0 Å². The second kappa shape index (κ2) is 5.58. The van der Waals surface area contributed by atoms with Gasteiger partial charge in [0.25, 0.3) is 0 Å². The predicted octanol–water partition coefficient (Wildman–Crippen LogP) is 4.23. The molecule has 0 aliphatic heterocycles. The number of benzene rings is 2. The van der Waals surface area contributed by atoms with Gasteiger partial charge in [-0.1, -0.05) is 23.8 Å². The van der Waals surface area contributed by atoms with Gasteiger partial charge in [-0.25, -0.2) is 0 Å². The zero-order valence-corrected chi connectivity index (χ0v) is 12.9. The van der Waals surface area contributed by atoms with Crippen molar-refractivity contribution in [2.75, 3.05) is 7.11 Å². The first kappa shape index (κ1) is 14.4. The first-order valence-corrected chi connectivity index (χ1v) is 6.86. The summed E-state index contributed by atoms with van der Waals surface area (Å²) >= 11 is 0. The lowest BCUT2D eigenvalue weighted by molar-refractivity contribution is 0.406. The Kier molecular flexibility index (Phi) is 4.03. The van der Waals surface area contributed by atoms with Crippen LogP contribution in [0.5, 0.6) is 11.5 Å². The lowest BCUT2D eigenvalue weighted by Gasteiger charge is -2.16. The summed E-state index contributed by atoms with van der Waals surface area (Å²) < 4.78 is 5.40. The van der Waals surface area contributed by atoms with E-state index in [1.165, 1.54) is 16.7 Å². The van der Waals surface area contributed by atoms with Gasteiger partial charge >= 0.3 is 0 Å². The summed E-state index contributed by atoms with van der Waals surface area (Å²) in [6, 6.07) is 8.31. The molecule has 0 fully saturated rings. The third-order valence-electron chi connectivity index (χ3n) is 3.91. The molecule has 0 spiro atoms. The molecule has 2 rings (SSSR count). The molecule has 0 radical (unpaired) electrons. The van der Waals surface area contributed by atoms with Crippen molar-refractivity contribution in [1.29, 1.82) is 0 Å². The van der Waals surface area contributed by atoms with Crippen LogP contribution in [0.1, 0.15) is 33.4 Å². The smallest absolute Gasteiger partial charge is 0.122 e. The fourth-order valence-electron chi connectivity index (χ4n) is 2.60. The summed E-state index contributed by atoms with van der Waals surface area (Å²) in [5.41, 5.74) is 6.57. The van der Waals surface area contributed by atoms with Crippen molar-refractivity contribution < 1.29 is 9.84 Å². The first-order chi connectivity index (χ1) is 9.43. The van der Waals surface area contributed by atoms with Crippen LogP contribution in [0.15, 0.2) is 24.3 Å². The monoisotopic (exact) mass is 270 g/mol. The van der Waals surface area contributed by atoms with E-state index in [4.69, 9.17) is 4.74 Å². The number of hydrogen-bond acceptors (Lipinski definition) is 2. The molecule has 0 heterocycles. The van der Waals surface area contributed by atoms with Crippen LogP contribution in [0.4, 0.5) is 0 Å². The highest BCUT2D eigenvalue weighted by Gasteiger charge is 2.14. The average Bonchev–Trinajstić information content (AvgIpc) is 2.41. The summed E-state index contributed by atoms with van der Waals surface area (Å²) in [6.45, 7) is 8.11. The zero-order valence-electron chi connectivity index (χ0n) is 12.9. The van der Waals surface area contributed by atoms with Crippen molar-refractivity contribution in [1.82, 2.24) is 0 Å². The summed E-state index contributed by atoms with van der Waals surface area (Å²) in [7, 11) is 1.67. The number of methoxy groups -OCH3 is 1. The average molecular weight is 270 g/mol. The van der Waals surface area contributed by atoms with Gasteiger partial charge in [-0.3, -0.25) is 0 Å². The molecule has 0 aliphatic rings. The largest absolute Gasteiger partial charge is 0.507 e. The Morgan fingerprint density at radius 2 is 1.70 bits per heavy atom. The van der Waals surface area contributed by atoms with E-state index in [0.717, 1.165) is 28.9 Å². The molecule has 20 heavy (non-hydrogen) atoms. The van der Waals surface area contributed by atoms with Gasteiger partial charge in [0, 0.05) is 12.0 Å². The maximum Gasteiger partial charge on any atom is 0.122 e. The van der Waals surface area contributed by atoms with E-state index in [2.05, 4.69) is 32.0 Å². The molecule has 0 aliphatic carbocycles. The van der Waals surface area contributed by atoms with Gasteiger partial charge < -0.3 is 9.84 Å². The number of ether oxygens (including phenoxy) is 1. The summed E-state index contributed by atoms with van der Waals surface area (Å²) in [5.74, 6) is 1.21. The molecule has 0 amide bonds. The van der Waals surface area contributed by atoms with Crippen LogP contribution in [0.25, 0.3) is 0 Å². The van der Waals surface area contributed by atoms with Crippen LogP contribution in [0.3, 0.4) is 0 Å². The Morgan fingerprint density at radius 3 is 2.30 bits per heavy atom. The minimum absolute atomic E-state index is 0.378. The molecule has 2 aromatic rings. The third kappa shape index (κ3) is 2.64. The second-order valence-electron chi connectivity index (χ2n) is 5.45. The molecule has 106 valence electrons. The predicted molar refractivity (Wildman–Crippen MR) is 82.9 cm³/mol. The van der Waals surface area contributed by atoms with E-state index in [-0.39, 0.29) is 0 Å². The maximum atomic E-state index is 10.3. The van der Waals surface area contributed by atoms with E-state index in [1.54, 1.807) is 7.11 Å². The van der Waals surface area contributed by atoms with Crippen LogP contribution in [0, 0.1) is 27.7 Å². The third-order valence-corrected chi connectivity index (χ3v) is 3.91. The summed E-state index contributed by atoms with van der Waals surface area (Å²) in [6.07, 6.45) is 0.724. The van der Waals surface area contributed by atoms with Crippen molar-refractivity contribution in [3.05, 3.63) is 57.6 Å². The minimum atomic E-state index is 0.378. The van der Waals surface area contributed by atoms with Gasteiger partial charge in [-0.15, -0.1) is 0 Å². The molecule has 2 heteroatoms. The molecular formula is C18H22O2. The standard InChI is InChI=1S/C18H22O2/c1-11-6-7-15(12(2)8-11)10-16-14(4)17(20-5)9-13(3)18(16)19/h6-9,19H,10H2,1-5H3. The van der Waals surface area contributed by atoms with Gasteiger partial charge in [0.2, 0.25) is 0 Å². The maximum absolute atomic E-state index is 10.3. The van der Waals surface area contributed by atoms with Gasteiger partial charge in [0.1, 0.15) is 11.5 Å². The van der Waals surface area contributed by atoms with Crippen LogP contribution in [0.2, 0.25) is 0 Å². The van der Waals surface area contributed by atoms with Gasteiger partial charge in [-0.05, 0) is 56.0 Å². The Morgan fingerprint density at radius 1 is 1.00 bits per heavy atom. The molecule has 1 N–H and O–H groups in total. The normalized spacial score (nSPS) is 10.7. The Labute approximate surface area is 121 Å². The van der Waals surface area contributed by atoms with E-state index in [1.807, 2.05) is 19.9 Å². The zero-order chi connectivity index (χ0) is 14.9. The second-order valence-corrected chi connectivity index (χ2v) is 5.45. The SMILES string of the molecule is COc1cc(C)c(O)c(Cc2ccc(C)cc2C)c1C. The van der Waals surface area contributed by atoms with Gasteiger partial charge in [-0.2, -0.15) is 0 Å². The van der Waals surface area contributed by atoms with E-state index in [0.29, 0.717) is 5.75 Å². The van der Waals surface area contributed by atoms with Gasteiger partial charge in [0.15, 0.2) is 0 Å². The van der Waals surface area contributed by atoms with Crippen molar-refractivity contribution in [3.8, 4) is 11.5 Å². The molecule has 0 bridgehead atoms. The Balaban J connectivity index is 2.50. The van der Waals surface area contributed by atoms with Crippen LogP contribution < -0.4 is 4.74 Å². The van der Waals surface area contributed by atoms with Crippen molar-refractivity contribution in [2.24, 2.45) is 0 Å². The highest BCUT2D eigenvalue weighted by Crippen LogP contribution is 2.34.